The van der Waals surface area contributed by atoms with Crippen molar-refractivity contribution in [3.8, 4) is 0 Å². The first-order valence-electron chi connectivity index (χ1n) is 5.60. The number of amides is 2. The van der Waals surface area contributed by atoms with E-state index in [1.165, 1.54) is 4.90 Å². The summed E-state index contributed by atoms with van der Waals surface area (Å²) in [4.78, 5) is 13.1. The number of hydrogen-bond acceptors (Lipinski definition) is 3. The molecule has 1 rings (SSSR count). The highest BCUT2D eigenvalue weighted by atomic mass is 32.1. The SMILES string of the molecule is CN(C)C(=O)NCCNc1ccccc1C(N)=S. The average Bonchev–Trinajstić information content (AvgIpc) is 2.34. The summed E-state index contributed by atoms with van der Waals surface area (Å²) in [7, 11) is 3.40. The molecule has 18 heavy (non-hydrogen) atoms. The minimum Gasteiger partial charge on any atom is -0.389 e. The summed E-state index contributed by atoms with van der Waals surface area (Å²) in [6.07, 6.45) is 0. The summed E-state index contributed by atoms with van der Waals surface area (Å²) < 4.78 is 0. The average molecular weight is 266 g/mol. The molecule has 0 aliphatic rings. The summed E-state index contributed by atoms with van der Waals surface area (Å²) >= 11 is 4.97. The molecule has 0 saturated heterocycles. The molecular weight excluding hydrogens is 248 g/mol. The maximum Gasteiger partial charge on any atom is 0.316 e. The molecule has 6 heteroatoms. The Bertz CT molecular complexity index is 434. The maximum atomic E-state index is 11.3. The van der Waals surface area contributed by atoms with Crippen LogP contribution in [0.25, 0.3) is 0 Å². The van der Waals surface area contributed by atoms with Gasteiger partial charge in [-0.25, -0.2) is 4.79 Å². The van der Waals surface area contributed by atoms with Gasteiger partial charge in [-0.3, -0.25) is 0 Å². The standard InChI is InChI=1S/C12H18N4OS/c1-16(2)12(17)15-8-7-14-10-6-4-3-5-9(10)11(13)18/h3-6,14H,7-8H2,1-2H3,(H2,13,18)(H,15,17). The summed E-state index contributed by atoms with van der Waals surface area (Å²) in [5, 5.41) is 5.95. The van der Waals surface area contributed by atoms with Crippen molar-refractivity contribution in [2.24, 2.45) is 5.73 Å². The van der Waals surface area contributed by atoms with E-state index in [4.69, 9.17) is 18.0 Å². The fourth-order valence-electron chi connectivity index (χ4n) is 1.38. The number of nitrogens with zero attached hydrogens (tertiary/aromatic N) is 1. The quantitative estimate of drug-likeness (QED) is 0.549. The lowest BCUT2D eigenvalue weighted by molar-refractivity contribution is 0.218. The van der Waals surface area contributed by atoms with E-state index in [1.807, 2.05) is 24.3 Å². The summed E-state index contributed by atoms with van der Waals surface area (Å²) in [6, 6.07) is 7.45. The van der Waals surface area contributed by atoms with E-state index in [0.29, 0.717) is 18.1 Å². The van der Waals surface area contributed by atoms with Crippen molar-refractivity contribution >= 4 is 28.9 Å². The van der Waals surface area contributed by atoms with Crippen molar-refractivity contribution in [3.05, 3.63) is 29.8 Å². The van der Waals surface area contributed by atoms with Gasteiger partial charge in [0.25, 0.3) is 0 Å². The Hall–Kier alpha value is -1.82. The number of urea groups is 1. The molecule has 0 heterocycles. The smallest absolute Gasteiger partial charge is 0.316 e. The van der Waals surface area contributed by atoms with Crippen molar-refractivity contribution in [1.29, 1.82) is 0 Å². The van der Waals surface area contributed by atoms with E-state index < -0.39 is 0 Å². The molecule has 2 amide bonds. The fourth-order valence-corrected chi connectivity index (χ4v) is 1.55. The highest BCUT2D eigenvalue weighted by Crippen LogP contribution is 2.13. The van der Waals surface area contributed by atoms with Crippen molar-refractivity contribution in [2.45, 2.75) is 0 Å². The number of hydrogen-bond donors (Lipinski definition) is 3. The molecule has 0 spiro atoms. The molecule has 5 nitrogen and oxygen atoms in total. The second-order valence-corrected chi connectivity index (χ2v) is 4.40. The Morgan fingerprint density at radius 2 is 2.00 bits per heavy atom. The lowest BCUT2D eigenvalue weighted by Gasteiger charge is -2.14. The van der Waals surface area contributed by atoms with Gasteiger partial charge in [0.15, 0.2) is 0 Å². The number of anilines is 1. The summed E-state index contributed by atoms with van der Waals surface area (Å²) in [5.41, 5.74) is 7.31. The predicted molar refractivity (Wildman–Crippen MR) is 77.9 cm³/mol. The number of carbonyl (C=O) groups excluding carboxylic acids is 1. The van der Waals surface area contributed by atoms with Crippen LogP contribution in [0.5, 0.6) is 0 Å². The maximum absolute atomic E-state index is 11.3. The van der Waals surface area contributed by atoms with Crippen LogP contribution in [-0.2, 0) is 0 Å². The molecule has 98 valence electrons. The van der Waals surface area contributed by atoms with Crippen LogP contribution < -0.4 is 16.4 Å². The molecule has 1 aromatic carbocycles. The number of nitrogens with one attached hydrogen (secondary N) is 2. The topological polar surface area (TPSA) is 70.4 Å². The van der Waals surface area contributed by atoms with Crippen LogP contribution >= 0.6 is 12.2 Å². The number of rotatable bonds is 5. The third kappa shape index (κ3) is 4.21. The van der Waals surface area contributed by atoms with Crippen LogP contribution in [0.2, 0.25) is 0 Å². The Morgan fingerprint density at radius 1 is 1.33 bits per heavy atom. The van der Waals surface area contributed by atoms with Gasteiger partial charge in [0.1, 0.15) is 4.99 Å². The van der Waals surface area contributed by atoms with Gasteiger partial charge in [-0.15, -0.1) is 0 Å². The summed E-state index contributed by atoms with van der Waals surface area (Å²) in [6.45, 7) is 1.14. The molecule has 0 aliphatic heterocycles. The largest absolute Gasteiger partial charge is 0.389 e. The Labute approximate surface area is 112 Å². The monoisotopic (exact) mass is 266 g/mol. The molecule has 0 aromatic heterocycles. The predicted octanol–water partition coefficient (Wildman–Crippen LogP) is 1.00. The first kappa shape index (κ1) is 14.2. The molecular formula is C12H18N4OS. The molecule has 0 unspecified atom stereocenters. The van der Waals surface area contributed by atoms with E-state index in [1.54, 1.807) is 14.1 Å². The number of thiocarbonyl (C=S) groups is 1. The highest BCUT2D eigenvalue weighted by molar-refractivity contribution is 7.80. The van der Waals surface area contributed by atoms with E-state index >= 15 is 0 Å². The fraction of sp³-hybridized carbons (Fsp3) is 0.333. The first-order valence-corrected chi connectivity index (χ1v) is 6.01. The van der Waals surface area contributed by atoms with Gasteiger partial charge in [-0.2, -0.15) is 0 Å². The molecule has 0 bridgehead atoms. The van der Waals surface area contributed by atoms with Gasteiger partial charge in [0.2, 0.25) is 0 Å². The van der Waals surface area contributed by atoms with Crippen LogP contribution in [0.3, 0.4) is 0 Å². The Morgan fingerprint density at radius 3 is 2.61 bits per heavy atom. The second-order valence-electron chi connectivity index (χ2n) is 3.96. The normalized spacial score (nSPS) is 9.67. The highest BCUT2D eigenvalue weighted by Gasteiger charge is 2.04. The van der Waals surface area contributed by atoms with Crippen molar-refractivity contribution in [3.63, 3.8) is 0 Å². The minimum atomic E-state index is -0.112. The van der Waals surface area contributed by atoms with Crippen LogP contribution in [0.4, 0.5) is 10.5 Å². The molecule has 4 N–H and O–H groups in total. The zero-order chi connectivity index (χ0) is 13.5. The van der Waals surface area contributed by atoms with E-state index in [-0.39, 0.29) is 6.03 Å². The first-order chi connectivity index (χ1) is 8.52. The van der Waals surface area contributed by atoms with Crippen LogP contribution in [-0.4, -0.2) is 43.1 Å². The number of para-hydroxylation sites is 1. The van der Waals surface area contributed by atoms with E-state index in [9.17, 15) is 4.79 Å². The lowest BCUT2D eigenvalue weighted by atomic mass is 10.2. The molecule has 0 aliphatic carbocycles. The van der Waals surface area contributed by atoms with E-state index in [0.717, 1.165) is 11.3 Å². The Balaban J connectivity index is 2.45. The third-order valence-corrected chi connectivity index (χ3v) is 2.54. The van der Waals surface area contributed by atoms with Gasteiger partial charge in [-0.1, -0.05) is 24.4 Å². The van der Waals surface area contributed by atoms with Crippen molar-refractivity contribution < 1.29 is 4.79 Å². The van der Waals surface area contributed by atoms with Gasteiger partial charge in [0, 0.05) is 38.4 Å². The van der Waals surface area contributed by atoms with Crippen molar-refractivity contribution in [1.82, 2.24) is 10.2 Å². The number of nitrogens with two attached hydrogens (primary N) is 1. The van der Waals surface area contributed by atoms with E-state index in [2.05, 4.69) is 10.6 Å². The minimum absolute atomic E-state index is 0.112. The van der Waals surface area contributed by atoms with Gasteiger partial charge < -0.3 is 21.3 Å². The van der Waals surface area contributed by atoms with Crippen LogP contribution in [0.15, 0.2) is 24.3 Å². The second kappa shape index (κ2) is 6.80. The molecule has 0 radical (unpaired) electrons. The van der Waals surface area contributed by atoms with Crippen LogP contribution in [0, 0.1) is 0 Å². The van der Waals surface area contributed by atoms with Crippen molar-refractivity contribution in [2.75, 3.05) is 32.5 Å². The van der Waals surface area contributed by atoms with Gasteiger partial charge in [-0.05, 0) is 12.1 Å². The molecule has 1 aromatic rings. The molecule has 0 fully saturated rings. The van der Waals surface area contributed by atoms with Crippen LogP contribution in [0.1, 0.15) is 5.56 Å². The number of benzene rings is 1. The zero-order valence-corrected chi connectivity index (χ0v) is 11.4. The third-order valence-electron chi connectivity index (χ3n) is 2.32. The summed E-state index contributed by atoms with van der Waals surface area (Å²) in [5.74, 6) is 0. The molecule has 0 saturated carbocycles. The van der Waals surface area contributed by atoms with Gasteiger partial charge >= 0.3 is 6.03 Å². The lowest BCUT2D eigenvalue weighted by Crippen LogP contribution is -2.37. The zero-order valence-electron chi connectivity index (χ0n) is 10.6. The number of carbonyl (C=O) groups is 1. The molecule has 0 atom stereocenters. The van der Waals surface area contributed by atoms with Gasteiger partial charge in [0.05, 0.1) is 0 Å². The Kier molecular flexibility index (Phi) is 5.38.